The number of benzene rings is 2. The predicted octanol–water partition coefficient (Wildman–Crippen LogP) is 4.45. The summed E-state index contributed by atoms with van der Waals surface area (Å²) in [4.78, 5) is 19.1. The zero-order valence-electron chi connectivity index (χ0n) is 17.3. The first-order valence-electron chi connectivity index (χ1n) is 9.76. The molecule has 0 N–H and O–H groups in total. The number of hydrogen-bond acceptors (Lipinski definition) is 4. The van der Waals surface area contributed by atoms with Crippen molar-refractivity contribution in [3.8, 4) is 11.5 Å². The zero-order chi connectivity index (χ0) is 21.3. The largest absolute Gasteiger partial charge is 0.493 e. The van der Waals surface area contributed by atoms with Gasteiger partial charge in [-0.2, -0.15) is 0 Å². The van der Waals surface area contributed by atoms with Crippen LogP contribution in [0.2, 0.25) is 0 Å². The van der Waals surface area contributed by atoms with Crippen LogP contribution in [0.3, 0.4) is 0 Å². The molecule has 0 unspecified atom stereocenters. The summed E-state index contributed by atoms with van der Waals surface area (Å²) in [6.45, 7) is 3.64. The molecule has 0 fully saturated rings. The second-order valence-electron chi connectivity index (χ2n) is 6.84. The maximum absolute atomic E-state index is 13.0. The molecule has 0 radical (unpaired) electrons. The van der Waals surface area contributed by atoms with Gasteiger partial charge in [0, 0.05) is 13.2 Å². The highest BCUT2D eigenvalue weighted by Gasteiger charge is 2.25. The molecule has 3 aromatic rings. The number of hydrogen-bond donors (Lipinski definition) is 0. The van der Waals surface area contributed by atoms with Crippen molar-refractivity contribution in [1.82, 2.24) is 9.88 Å². The number of pyridine rings is 1. The summed E-state index contributed by atoms with van der Waals surface area (Å²) in [6.07, 6.45) is 4.30. The molecule has 30 heavy (non-hydrogen) atoms. The molecule has 0 spiro atoms. The lowest BCUT2D eigenvalue weighted by molar-refractivity contribution is -0.133. The van der Waals surface area contributed by atoms with Gasteiger partial charge in [-0.3, -0.25) is 9.78 Å². The standard InChI is InChI=1S/C25H26N2O3/c1-4-10-19-14-15-22(23(17-19)29-3)30-18-24(28)27(2)25(20-11-6-5-7-12-20)21-13-8-9-16-26-21/h4-9,11-17,25H,1,10,18H2,2-3H3/t25-/m0/s1. The number of ether oxygens (including phenoxy) is 2. The third-order valence-electron chi connectivity index (χ3n) is 4.82. The van der Waals surface area contributed by atoms with E-state index < -0.39 is 0 Å². The average molecular weight is 402 g/mol. The van der Waals surface area contributed by atoms with E-state index in [4.69, 9.17) is 9.47 Å². The number of amides is 1. The Balaban J connectivity index is 1.77. The van der Waals surface area contributed by atoms with Crippen LogP contribution in [0, 0.1) is 0 Å². The fraction of sp³-hybridized carbons (Fsp3) is 0.200. The lowest BCUT2D eigenvalue weighted by Gasteiger charge is -2.28. The first-order chi connectivity index (χ1) is 14.6. The van der Waals surface area contributed by atoms with Crippen LogP contribution in [0.25, 0.3) is 0 Å². The van der Waals surface area contributed by atoms with Gasteiger partial charge in [-0.15, -0.1) is 6.58 Å². The molecule has 2 aromatic carbocycles. The summed E-state index contributed by atoms with van der Waals surface area (Å²) >= 11 is 0. The number of methoxy groups -OCH3 is 1. The fourth-order valence-corrected chi connectivity index (χ4v) is 3.28. The van der Waals surface area contributed by atoms with Crippen LogP contribution in [-0.2, 0) is 11.2 Å². The van der Waals surface area contributed by atoms with Crippen molar-refractivity contribution in [2.24, 2.45) is 0 Å². The van der Waals surface area contributed by atoms with E-state index in [2.05, 4.69) is 11.6 Å². The summed E-state index contributed by atoms with van der Waals surface area (Å²) in [6, 6.07) is 20.9. The van der Waals surface area contributed by atoms with Gasteiger partial charge in [-0.1, -0.05) is 48.5 Å². The Kier molecular flexibility index (Phi) is 7.22. The van der Waals surface area contributed by atoms with Gasteiger partial charge in [0.2, 0.25) is 0 Å². The van der Waals surface area contributed by atoms with E-state index in [9.17, 15) is 4.79 Å². The molecule has 1 amide bonds. The molecular formula is C25H26N2O3. The number of carbonyl (C=O) groups excluding carboxylic acids is 1. The van der Waals surface area contributed by atoms with Crippen LogP contribution in [0.15, 0.2) is 85.6 Å². The van der Waals surface area contributed by atoms with Crippen molar-refractivity contribution in [2.45, 2.75) is 12.5 Å². The Morgan fingerprint density at radius 2 is 1.87 bits per heavy atom. The molecule has 1 heterocycles. The van der Waals surface area contributed by atoms with Crippen molar-refractivity contribution in [3.05, 3.63) is 102 Å². The van der Waals surface area contributed by atoms with E-state index in [1.54, 1.807) is 25.3 Å². The second-order valence-corrected chi connectivity index (χ2v) is 6.84. The summed E-state index contributed by atoms with van der Waals surface area (Å²) in [5.74, 6) is 0.960. The lowest BCUT2D eigenvalue weighted by Crippen LogP contribution is -2.35. The molecule has 154 valence electrons. The first-order valence-corrected chi connectivity index (χ1v) is 9.76. The number of allylic oxidation sites excluding steroid dienone is 1. The minimum absolute atomic E-state index is 0.107. The zero-order valence-corrected chi connectivity index (χ0v) is 17.3. The van der Waals surface area contributed by atoms with Gasteiger partial charge < -0.3 is 14.4 Å². The molecule has 0 aliphatic rings. The van der Waals surface area contributed by atoms with Crippen LogP contribution < -0.4 is 9.47 Å². The molecule has 1 aromatic heterocycles. The SMILES string of the molecule is C=CCc1ccc(OCC(=O)N(C)[C@@H](c2ccccc2)c2ccccn2)c(OC)c1. The van der Waals surface area contributed by atoms with E-state index in [0.717, 1.165) is 23.2 Å². The van der Waals surface area contributed by atoms with Gasteiger partial charge in [0.1, 0.15) is 0 Å². The molecule has 0 bridgehead atoms. The first kappa shape index (κ1) is 21.1. The molecule has 0 aliphatic heterocycles. The smallest absolute Gasteiger partial charge is 0.261 e. The number of rotatable bonds is 9. The maximum atomic E-state index is 13.0. The van der Waals surface area contributed by atoms with Crippen LogP contribution in [0.5, 0.6) is 11.5 Å². The van der Waals surface area contributed by atoms with E-state index in [0.29, 0.717) is 11.5 Å². The topological polar surface area (TPSA) is 51.7 Å². The quantitative estimate of drug-likeness (QED) is 0.497. The summed E-state index contributed by atoms with van der Waals surface area (Å²) in [5, 5.41) is 0. The third kappa shape index (κ3) is 5.06. The van der Waals surface area contributed by atoms with Gasteiger partial charge in [0.15, 0.2) is 18.1 Å². The lowest BCUT2D eigenvalue weighted by atomic mass is 10.0. The Morgan fingerprint density at radius 3 is 2.53 bits per heavy atom. The van der Waals surface area contributed by atoms with E-state index in [-0.39, 0.29) is 18.6 Å². The monoisotopic (exact) mass is 402 g/mol. The van der Waals surface area contributed by atoms with Crippen molar-refractivity contribution >= 4 is 5.91 Å². The van der Waals surface area contributed by atoms with Crippen molar-refractivity contribution in [3.63, 3.8) is 0 Å². The van der Waals surface area contributed by atoms with Gasteiger partial charge >= 0.3 is 0 Å². The highest BCUT2D eigenvalue weighted by atomic mass is 16.5. The van der Waals surface area contributed by atoms with E-state index >= 15 is 0 Å². The highest BCUT2D eigenvalue weighted by molar-refractivity contribution is 5.78. The van der Waals surface area contributed by atoms with Crippen LogP contribution in [0.1, 0.15) is 22.9 Å². The molecule has 5 nitrogen and oxygen atoms in total. The molecule has 0 saturated heterocycles. The van der Waals surface area contributed by atoms with Gasteiger partial charge in [0.25, 0.3) is 5.91 Å². The van der Waals surface area contributed by atoms with Gasteiger partial charge in [-0.05, 0) is 41.8 Å². The molecular weight excluding hydrogens is 376 g/mol. The van der Waals surface area contributed by atoms with Crippen molar-refractivity contribution in [1.29, 1.82) is 0 Å². The fourth-order valence-electron chi connectivity index (χ4n) is 3.28. The average Bonchev–Trinajstić information content (AvgIpc) is 2.79. The molecule has 5 heteroatoms. The molecule has 1 atom stereocenters. The van der Waals surface area contributed by atoms with E-state index in [1.165, 1.54) is 0 Å². The van der Waals surface area contributed by atoms with Crippen molar-refractivity contribution < 1.29 is 14.3 Å². The minimum Gasteiger partial charge on any atom is -0.493 e. The molecule has 0 aliphatic carbocycles. The summed E-state index contributed by atoms with van der Waals surface area (Å²) in [5.41, 5.74) is 2.85. The molecule has 3 rings (SSSR count). The summed E-state index contributed by atoms with van der Waals surface area (Å²) in [7, 11) is 3.35. The Bertz CT molecular complexity index is 935. The van der Waals surface area contributed by atoms with E-state index in [1.807, 2.05) is 72.8 Å². The third-order valence-corrected chi connectivity index (χ3v) is 4.82. The predicted molar refractivity (Wildman–Crippen MR) is 118 cm³/mol. The highest BCUT2D eigenvalue weighted by Crippen LogP contribution is 2.29. The normalized spacial score (nSPS) is 11.4. The Morgan fingerprint density at radius 1 is 1.10 bits per heavy atom. The Labute approximate surface area is 177 Å². The number of nitrogens with zero attached hydrogens (tertiary/aromatic N) is 2. The van der Waals surface area contributed by atoms with Crippen LogP contribution in [-0.4, -0.2) is 36.6 Å². The molecule has 0 saturated carbocycles. The van der Waals surface area contributed by atoms with Gasteiger partial charge in [-0.25, -0.2) is 0 Å². The van der Waals surface area contributed by atoms with Gasteiger partial charge in [0.05, 0.1) is 18.8 Å². The minimum atomic E-state index is -0.305. The number of likely N-dealkylation sites (N-methyl/N-ethyl adjacent to an activating group) is 1. The van der Waals surface area contributed by atoms with Crippen LogP contribution in [0.4, 0.5) is 0 Å². The summed E-state index contributed by atoms with van der Waals surface area (Å²) < 4.78 is 11.2. The Hall–Kier alpha value is -3.60. The van der Waals surface area contributed by atoms with Crippen LogP contribution >= 0.6 is 0 Å². The second kappa shape index (κ2) is 10.3. The number of carbonyl (C=O) groups is 1. The maximum Gasteiger partial charge on any atom is 0.261 e. The number of aromatic nitrogens is 1. The van der Waals surface area contributed by atoms with Crippen molar-refractivity contribution in [2.75, 3.05) is 20.8 Å².